The molecule has 0 unspecified atom stereocenters. The standard InChI is InChI=1S/C4H11NS/c1-4(5)2-3-6/h4,6H,2-3,5H2,1H3/t4-/m1/s1. The van der Waals surface area contributed by atoms with Crippen LogP contribution in [0.15, 0.2) is 0 Å². The van der Waals surface area contributed by atoms with Crippen molar-refractivity contribution in [1.29, 1.82) is 0 Å². The van der Waals surface area contributed by atoms with Gasteiger partial charge in [0.25, 0.3) is 0 Å². The van der Waals surface area contributed by atoms with E-state index >= 15 is 0 Å². The zero-order valence-electron chi connectivity index (χ0n) is 4.02. The summed E-state index contributed by atoms with van der Waals surface area (Å²) in [7, 11) is 0. The van der Waals surface area contributed by atoms with E-state index in [1.165, 1.54) is 0 Å². The van der Waals surface area contributed by atoms with Crippen LogP contribution in [0.3, 0.4) is 0 Å². The zero-order chi connectivity index (χ0) is 4.99. The minimum absolute atomic E-state index is 0.322. The van der Waals surface area contributed by atoms with Crippen molar-refractivity contribution in [3.05, 3.63) is 0 Å². The molecular weight excluding hydrogens is 94.1 g/mol. The van der Waals surface area contributed by atoms with E-state index in [9.17, 15) is 0 Å². The minimum atomic E-state index is 0.322. The molecule has 2 N–H and O–H groups in total. The highest BCUT2D eigenvalue weighted by Gasteiger charge is 1.86. The summed E-state index contributed by atoms with van der Waals surface area (Å²) in [6.45, 7) is 1.98. The predicted molar refractivity (Wildman–Crippen MR) is 32.1 cm³/mol. The molecule has 6 heavy (non-hydrogen) atoms. The average Bonchev–Trinajstić information content (AvgIpc) is 1.35. The fourth-order valence-electron chi connectivity index (χ4n) is 0.204. The lowest BCUT2D eigenvalue weighted by molar-refractivity contribution is 0.722. The molecule has 0 aromatic heterocycles. The third-order valence-corrected chi connectivity index (χ3v) is 0.843. The zero-order valence-corrected chi connectivity index (χ0v) is 4.91. The summed E-state index contributed by atoms with van der Waals surface area (Å²) < 4.78 is 0. The first-order valence-corrected chi connectivity index (χ1v) is 2.77. The fraction of sp³-hybridized carbons (Fsp3) is 1.00. The summed E-state index contributed by atoms with van der Waals surface area (Å²) in [4.78, 5) is 0. The van der Waals surface area contributed by atoms with E-state index in [0.717, 1.165) is 12.2 Å². The SMILES string of the molecule is C[C@@H](N)CCS. The van der Waals surface area contributed by atoms with Gasteiger partial charge in [0, 0.05) is 6.04 Å². The smallest absolute Gasteiger partial charge is 0.00182 e. The highest BCUT2D eigenvalue weighted by molar-refractivity contribution is 7.80. The molecule has 1 nitrogen and oxygen atoms in total. The number of hydrogen-bond acceptors (Lipinski definition) is 2. The van der Waals surface area contributed by atoms with Gasteiger partial charge in [0.05, 0.1) is 0 Å². The highest BCUT2D eigenvalue weighted by Crippen LogP contribution is 1.85. The number of nitrogens with two attached hydrogens (primary N) is 1. The Hall–Kier alpha value is 0.310. The van der Waals surface area contributed by atoms with Crippen molar-refractivity contribution in [2.24, 2.45) is 5.73 Å². The molecule has 0 aromatic carbocycles. The van der Waals surface area contributed by atoms with E-state index in [0.29, 0.717) is 6.04 Å². The van der Waals surface area contributed by atoms with Gasteiger partial charge >= 0.3 is 0 Å². The number of rotatable bonds is 2. The van der Waals surface area contributed by atoms with Crippen molar-refractivity contribution in [2.45, 2.75) is 19.4 Å². The molecule has 0 aliphatic rings. The Morgan fingerprint density at radius 1 is 1.83 bits per heavy atom. The van der Waals surface area contributed by atoms with E-state index in [1.807, 2.05) is 6.92 Å². The van der Waals surface area contributed by atoms with Gasteiger partial charge in [-0.1, -0.05) is 0 Å². The van der Waals surface area contributed by atoms with Crippen LogP contribution in [0.4, 0.5) is 0 Å². The molecule has 0 saturated carbocycles. The molecule has 0 amide bonds. The van der Waals surface area contributed by atoms with Crippen LogP contribution in [0.5, 0.6) is 0 Å². The van der Waals surface area contributed by atoms with Crippen molar-refractivity contribution in [2.75, 3.05) is 5.75 Å². The van der Waals surface area contributed by atoms with Gasteiger partial charge in [-0.05, 0) is 19.1 Å². The van der Waals surface area contributed by atoms with Crippen LogP contribution >= 0.6 is 12.6 Å². The maximum Gasteiger partial charge on any atom is 0.00182 e. The topological polar surface area (TPSA) is 26.0 Å². The van der Waals surface area contributed by atoms with Gasteiger partial charge in [-0.2, -0.15) is 12.6 Å². The van der Waals surface area contributed by atoms with Gasteiger partial charge in [-0.15, -0.1) is 0 Å². The van der Waals surface area contributed by atoms with Crippen LogP contribution in [-0.4, -0.2) is 11.8 Å². The van der Waals surface area contributed by atoms with Crippen molar-refractivity contribution in [1.82, 2.24) is 0 Å². The molecule has 38 valence electrons. The molecule has 2 heteroatoms. The van der Waals surface area contributed by atoms with Crippen LogP contribution in [-0.2, 0) is 0 Å². The van der Waals surface area contributed by atoms with Crippen molar-refractivity contribution in [3.8, 4) is 0 Å². The van der Waals surface area contributed by atoms with Crippen LogP contribution in [0.25, 0.3) is 0 Å². The lowest BCUT2D eigenvalue weighted by Gasteiger charge is -1.96. The molecule has 0 radical (unpaired) electrons. The highest BCUT2D eigenvalue weighted by atomic mass is 32.1. The minimum Gasteiger partial charge on any atom is -0.328 e. The summed E-state index contributed by atoms with van der Waals surface area (Å²) in [6, 6.07) is 0.322. The van der Waals surface area contributed by atoms with Gasteiger partial charge < -0.3 is 5.73 Å². The lowest BCUT2D eigenvalue weighted by Crippen LogP contribution is -2.14. The first-order chi connectivity index (χ1) is 2.77. The maximum absolute atomic E-state index is 5.35. The number of hydrogen-bond donors (Lipinski definition) is 2. The summed E-state index contributed by atoms with van der Waals surface area (Å²) in [6.07, 6.45) is 1.02. The summed E-state index contributed by atoms with van der Waals surface area (Å²) >= 11 is 3.98. The van der Waals surface area contributed by atoms with Crippen molar-refractivity contribution < 1.29 is 0 Å². The molecule has 0 aromatic rings. The monoisotopic (exact) mass is 105 g/mol. The van der Waals surface area contributed by atoms with E-state index in [1.54, 1.807) is 0 Å². The molecule has 0 rings (SSSR count). The van der Waals surface area contributed by atoms with Crippen molar-refractivity contribution in [3.63, 3.8) is 0 Å². The third kappa shape index (κ3) is 4.31. The second-order valence-corrected chi connectivity index (χ2v) is 1.94. The maximum atomic E-state index is 5.35. The molecule has 0 spiro atoms. The summed E-state index contributed by atoms with van der Waals surface area (Å²) in [5.41, 5.74) is 5.35. The Balaban J connectivity index is 2.63. The Bertz CT molecular complexity index is 28.7. The summed E-state index contributed by atoms with van der Waals surface area (Å²) in [5, 5.41) is 0. The Morgan fingerprint density at radius 3 is 2.33 bits per heavy atom. The normalized spacial score (nSPS) is 14.5. The average molecular weight is 105 g/mol. The van der Waals surface area contributed by atoms with Crippen LogP contribution in [0.2, 0.25) is 0 Å². The van der Waals surface area contributed by atoms with Gasteiger partial charge in [0.2, 0.25) is 0 Å². The second kappa shape index (κ2) is 3.50. The fourth-order valence-corrected chi connectivity index (χ4v) is 0.611. The Kier molecular flexibility index (Phi) is 3.68. The van der Waals surface area contributed by atoms with E-state index in [2.05, 4.69) is 12.6 Å². The molecule has 0 bridgehead atoms. The number of thiol groups is 1. The van der Waals surface area contributed by atoms with Crippen LogP contribution in [0, 0.1) is 0 Å². The first kappa shape index (κ1) is 6.31. The quantitative estimate of drug-likeness (QED) is 0.495. The van der Waals surface area contributed by atoms with Crippen LogP contribution < -0.4 is 5.73 Å². The Morgan fingerprint density at radius 2 is 2.33 bits per heavy atom. The van der Waals surface area contributed by atoms with Gasteiger partial charge in [0.1, 0.15) is 0 Å². The van der Waals surface area contributed by atoms with Crippen LogP contribution in [0.1, 0.15) is 13.3 Å². The molecule has 0 saturated heterocycles. The Labute approximate surface area is 44.3 Å². The molecule has 0 aliphatic carbocycles. The molecule has 0 fully saturated rings. The predicted octanol–water partition coefficient (Wildman–Crippen LogP) is 0.654. The van der Waals surface area contributed by atoms with Gasteiger partial charge in [-0.25, -0.2) is 0 Å². The first-order valence-electron chi connectivity index (χ1n) is 2.14. The molecule has 0 aliphatic heterocycles. The van der Waals surface area contributed by atoms with Gasteiger partial charge in [0.15, 0.2) is 0 Å². The van der Waals surface area contributed by atoms with Gasteiger partial charge in [-0.3, -0.25) is 0 Å². The van der Waals surface area contributed by atoms with E-state index in [4.69, 9.17) is 5.73 Å². The van der Waals surface area contributed by atoms with E-state index in [-0.39, 0.29) is 0 Å². The largest absolute Gasteiger partial charge is 0.328 e. The molecular formula is C4H11NS. The molecule has 0 heterocycles. The second-order valence-electron chi connectivity index (χ2n) is 1.49. The molecule has 1 atom stereocenters. The van der Waals surface area contributed by atoms with Crippen molar-refractivity contribution >= 4 is 12.6 Å². The summed E-state index contributed by atoms with van der Waals surface area (Å²) in [5.74, 6) is 0.900. The lowest BCUT2D eigenvalue weighted by atomic mass is 10.3. The van der Waals surface area contributed by atoms with E-state index < -0.39 is 0 Å². The third-order valence-electron chi connectivity index (χ3n) is 0.584.